The van der Waals surface area contributed by atoms with E-state index in [4.69, 9.17) is 4.99 Å². The highest BCUT2D eigenvalue weighted by atomic mass is 16.1. The quantitative estimate of drug-likeness (QED) is 0.396. The van der Waals surface area contributed by atoms with Crippen molar-refractivity contribution in [2.45, 2.75) is 46.0 Å². The number of rotatable bonds is 7. The monoisotopic (exact) mass is 348 g/mol. The number of amides is 1. The molecule has 1 aliphatic heterocycles. The van der Waals surface area contributed by atoms with E-state index in [2.05, 4.69) is 39.6 Å². The zero-order valence-electron chi connectivity index (χ0n) is 15.8. The molecule has 1 aromatic rings. The molecule has 140 valence electrons. The van der Waals surface area contributed by atoms with Gasteiger partial charge in [0.05, 0.1) is 6.20 Å². The van der Waals surface area contributed by atoms with Gasteiger partial charge in [-0.25, -0.2) is 0 Å². The van der Waals surface area contributed by atoms with Crippen LogP contribution in [-0.2, 0) is 11.2 Å². The minimum absolute atomic E-state index is 0.147. The maximum Gasteiger partial charge on any atom is 0.220 e. The maximum atomic E-state index is 11.5. The van der Waals surface area contributed by atoms with Gasteiger partial charge in [0.1, 0.15) is 0 Å². The van der Waals surface area contributed by atoms with Crippen LogP contribution < -0.4 is 10.6 Å². The Hall–Kier alpha value is -2.05. The van der Waals surface area contributed by atoms with Gasteiger partial charge in [-0.1, -0.05) is 0 Å². The van der Waals surface area contributed by atoms with Crippen LogP contribution >= 0.6 is 0 Å². The largest absolute Gasteiger partial charge is 0.359 e. The predicted molar refractivity (Wildman–Crippen MR) is 101 cm³/mol. The van der Waals surface area contributed by atoms with E-state index in [1.165, 1.54) is 5.56 Å². The van der Waals surface area contributed by atoms with E-state index in [0.717, 1.165) is 63.5 Å². The van der Waals surface area contributed by atoms with E-state index < -0.39 is 0 Å². The van der Waals surface area contributed by atoms with Gasteiger partial charge in [-0.3, -0.25) is 14.9 Å². The molecule has 7 heteroatoms. The van der Waals surface area contributed by atoms with Gasteiger partial charge in [0.15, 0.2) is 5.96 Å². The molecule has 0 saturated carbocycles. The second kappa shape index (κ2) is 10.1. The fourth-order valence-electron chi connectivity index (χ4n) is 3.22. The average Bonchev–Trinajstić information content (AvgIpc) is 3.03. The summed E-state index contributed by atoms with van der Waals surface area (Å²) in [5, 5.41) is 13.2. The van der Waals surface area contributed by atoms with Crippen LogP contribution in [0.3, 0.4) is 0 Å². The Morgan fingerprint density at radius 2 is 2.20 bits per heavy atom. The summed E-state index contributed by atoms with van der Waals surface area (Å²) in [5.74, 6) is 1.64. The van der Waals surface area contributed by atoms with Crippen molar-refractivity contribution in [2.75, 3.05) is 33.2 Å². The number of H-pyrrole nitrogens is 1. The Kier molecular flexibility index (Phi) is 7.76. The number of aromatic nitrogens is 2. The molecule has 0 bridgehead atoms. The van der Waals surface area contributed by atoms with Crippen molar-refractivity contribution in [3.8, 4) is 0 Å². The van der Waals surface area contributed by atoms with Crippen molar-refractivity contribution in [1.29, 1.82) is 0 Å². The van der Waals surface area contributed by atoms with Crippen LogP contribution in [0.4, 0.5) is 0 Å². The molecule has 25 heavy (non-hydrogen) atoms. The first-order valence-electron chi connectivity index (χ1n) is 9.36. The highest BCUT2D eigenvalue weighted by Crippen LogP contribution is 2.20. The summed E-state index contributed by atoms with van der Waals surface area (Å²) in [6, 6.07) is 0. The molecule has 0 aromatic carbocycles. The molecule has 7 nitrogen and oxygen atoms in total. The van der Waals surface area contributed by atoms with Crippen molar-refractivity contribution in [3.63, 3.8) is 0 Å². The number of aliphatic imine (C=N–C) groups is 1. The Morgan fingerprint density at radius 1 is 1.44 bits per heavy atom. The van der Waals surface area contributed by atoms with E-state index in [-0.39, 0.29) is 5.91 Å². The topological polar surface area (TPSA) is 85.4 Å². The number of likely N-dealkylation sites (tertiary alicyclic amines) is 1. The van der Waals surface area contributed by atoms with Gasteiger partial charge in [0.25, 0.3) is 0 Å². The molecular weight excluding hydrogens is 316 g/mol. The molecule has 0 unspecified atom stereocenters. The van der Waals surface area contributed by atoms with E-state index in [9.17, 15) is 4.79 Å². The molecule has 1 amide bonds. The summed E-state index contributed by atoms with van der Waals surface area (Å²) in [4.78, 5) is 18.6. The lowest BCUT2D eigenvalue weighted by atomic mass is 9.93. The average molecular weight is 348 g/mol. The Balaban J connectivity index is 1.79. The number of guanidine groups is 1. The number of aromatic amines is 1. The highest BCUT2D eigenvalue weighted by molar-refractivity contribution is 5.80. The van der Waals surface area contributed by atoms with E-state index in [1.807, 2.05) is 6.20 Å². The van der Waals surface area contributed by atoms with Crippen molar-refractivity contribution in [2.24, 2.45) is 10.9 Å². The lowest BCUT2D eigenvalue weighted by Crippen LogP contribution is -2.46. The van der Waals surface area contributed by atoms with E-state index in [0.29, 0.717) is 12.3 Å². The van der Waals surface area contributed by atoms with Crippen molar-refractivity contribution in [1.82, 2.24) is 25.7 Å². The number of carbonyl (C=O) groups excluding carboxylic acids is 1. The number of hydrogen-bond donors (Lipinski definition) is 3. The van der Waals surface area contributed by atoms with Crippen LogP contribution in [0.25, 0.3) is 0 Å². The molecular formula is C18H32N6O. The molecule has 1 fully saturated rings. The molecule has 2 heterocycles. The first-order chi connectivity index (χ1) is 12.1. The first kappa shape index (κ1) is 19.3. The van der Waals surface area contributed by atoms with Crippen molar-refractivity contribution >= 4 is 11.9 Å². The highest BCUT2D eigenvalue weighted by Gasteiger charge is 2.22. The summed E-state index contributed by atoms with van der Waals surface area (Å²) < 4.78 is 0. The van der Waals surface area contributed by atoms with Crippen molar-refractivity contribution < 1.29 is 4.79 Å². The summed E-state index contributed by atoms with van der Waals surface area (Å²) in [5.41, 5.74) is 2.42. The zero-order chi connectivity index (χ0) is 18.1. The minimum atomic E-state index is 0.147. The summed E-state index contributed by atoms with van der Waals surface area (Å²) in [7, 11) is 1.71. The normalized spacial score (nSPS) is 16.1. The standard InChI is InChI=1S/C18H32N6O/c1-4-20-18(21-9-5-6-16-13-22-23-14(16)2)24-10-7-15(8-11-24)12-17(25)19-3/h13,15H,4-12H2,1-3H3,(H,19,25)(H,20,21)(H,22,23). The van der Waals surface area contributed by atoms with Crippen LogP contribution in [0.2, 0.25) is 0 Å². The van der Waals surface area contributed by atoms with Gasteiger partial charge in [-0.2, -0.15) is 5.10 Å². The van der Waals surface area contributed by atoms with E-state index in [1.54, 1.807) is 7.05 Å². The Labute approximate surface area is 150 Å². The predicted octanol–water partition coefficient (Wildman–Crippen LogP) is 1.46. The molecule has 2 rings (SSSR count). The number of hydrogen-bond acceptors (Lipinski definition) is 3. The third kappa shape index (κ3) is 6.07. The number of piperidine rings is 1. The maximum absolute atomic E-state index is 11.5. The third-order valence-electron chi connectivity index (χ3n) is 4.80. The number of aryl methyl sites for hydroxylation is 2. The lowest BCUT2D eigenvalue weighted by Gasteiger charge is -2.34. The van der Waals surface area contributed by atoms with Crippen LogP contribution in [0.15, 0.2) is 11.2 Å². The van der Waals surface area contributed by atoms with Crippen LogP contribution in [0.1, 0.15) is 43.9 Å². The summed E-state index contributed by atoms with van der Waals surface area (Å²) >= 11 is 0. The summed E-state index contributed by atoms with van der Waals surface area (Å²) in [6.07, 6.45) is 6.66. The van der Waals surface area contributed by atoms with Gasteiger partial charge >= 0.3 is 0 Å². The number of carbonyl (C=O) groups is 1. The van der Waals surface area contributed by atoms with Crippen LogP contribution in [0, 0.1) is 12.8 Å². The van der Waals surface area contributed by atoms with Crippen LogP contribution in [0.5, 0.6) is 0 Å². The SMILES string of the molecule is CCNC(=NCCCc1cn[nH]c1C)N1CCC(CC(=O)NC)CC1. The molecule has 3 N–H and O–H groups in total. The second-order valence-electron chi connectivity index (χ2n) is 6.67. The van der Waals surface area contributed by atoms with Gasteiger partial charge in [0.2, 0.25) is 5.91 Å². The first-order valence-corrected chi connectivity index (χ1v) is 9.36. The van der Waals surface area contributed by atoms with Crippen molar-refractivity contribution in [3.05, 3.63) is 17.5 Å². The fourth-order valence-corrected chi connectivity index (χ4v) is 3.22. The lowest BCUT2D eigenvalue weighted by molar-refractivity contribution is -0.121. The molecule has 0 radical (unpaired) electrons. The van der Waals surface area contributed by atoms with Gasteiger partial charge in [0, 0.05) is 45.3 Å². The molecule has 1 aliphatic rings. The second-order valence-corrected chi connectivity index (χ2v) is 6.67. The minimum Gasteiger partial charge on any atom is -0.359 e. The van der Waals surface area contributed by atoms with Crippen LogP contribution in [-0.4, -0.2) is 60.2 Å². The summed E-state index contributed by atoms with van der Waals surface area (Å²) in [6.45, 7) is 7.77. The van der Waals surface area contributed by atoms with Gasteiger partial charge in [-0.05, 0) is 51.0 Å². The fraction of sp³-hybridized carbons (Fsp3) is 0.722. The Morgan fingerprint density at radius 3 is 2.80 bits per heavy atom. The Bertz CT molecular complexity index is 560. The molecule has 0 spiro atoms. The van der Waals surface area contributed by atoms with Gasteiger partial charge < -0.3 is 15.5 Å². The molecule has 0 aliphatic carbocycles. The van der Waals surface area contributed by atoms with E-state index >= 15 is 0 Å². The smallest absolute Gasteiger partial charge is 0.220 e. The number of nitrogens with zero attached hydrogens (tertiary/aromatic N) is 3. The zero-order valence-corrected chi connectivity index (χ0v) is 15.8. The molecule has 0 atom stereocenters. The third-order valence-corrected chi connectivity index (χ3v) is 4.80. The molecule has 1 aromatic heterocycles. The molecule has 1 saturated heterocycles. The number of nitrogens with one attached hydrogen (secondary N) is 3. The van der Waals surface area contributed by atoms with Gasteiger partial charge in [-0.15, -0.1) is 0 Å².